The van der Waals surface area contributed by atoms with E-state index in [1.165, 1.54) is 28.2 Å². The van der Waals surface area contributed by atoms with Crippen LogP contribution in [-0.2, 0) is 17.1 Å². The summed E-state index contributed by atoms with van der Waals surface area (Å²) in [6.07, 6.45) is 1.47. The van der Waals surface area contributed by atoms with Crippen LogP contribution in [-0.4, -0.2) is 49.9 Å². The van der Waals surface area contributed by atoms with Crippen molar-refractivity contribution in [3.8, 4) is 0 Å². The first-order chi connectivity index (χ1) is 12.3. The molecule has 140 valence electrons. The summed E-state index contributed by atoms with van der Waals surface area (Å²) in [7, 11) is -0.609. The Morgan fingerprint density at radius 2 is 2.12 bits per heavy atom. The maximum atomic E-state index is 13.3. The van der Waals surface area contributed by atoms with Crippen molar-refractivity contribution in [3.63, 3.8) is 0 Å². The summed E-state index contributed by atoms with van der Waals surface area (Å²) < 4.78 is 29.5. The zero-order chi connectivity index (χ0) is 18.9. The molecule has 1 aliphatic heterocycles. The Kier molecular flexibility index (Phi) is 5.38. The van der Waals surface area contributed by atoms with Crippen LogP contribution in [0.5, 0.6) is 0 Å². The van der Waals surface area contributed by atoms with Gasteiger partial charge in [0, 0.05) is 44.9 Å². The number of benzene rings is 1. The lowest BCUT2D eigenvalue weighted by molar-refractivity contribution is 0.0955. The molecule has 1 aromatic heterocycles. The predicted octanol–water partition coefficient (Wildman–Crippen LogP) is 1.37. The number of carbonyl (C=O) groups is 1. The largest absolute Gasteiger partial charge is 0.354 e. The molecule has 1 amide bonds. The Morgan fingerprint density at radius 1 is 1.35 bits per heavy atom. The molecule has 1 atom stereocenters. The number of nitrogens with zero attached hydrogens (tertiary/aromatic N) is 2. The Morgan fingerprint density at radius 3 is 2.81 bits per heavy atom. The van der Waals surface area contributed by atoms with Gasteiger partial charge in [-0.2, -0.15) is 4.31 Å². The van der Waals surface area contributed by atoms with Crippen molar-refractivity contribution in [2.45, 2.75) is 10.9 Å². The Balaban J connectivity index is 2.00. The molecule has 7 nitrogen and oxygen atoms in total. The van der Waals surface area contributed by atoms with Crippen molar-refractivity contribution in [2.75, 3.05) is 26.7 Å². The maximum Gasteiger partial charge on any atom is 0.267 e. The van der Waals surface area contributed by atoms with Crippen molar-refractivity contribution in [1.29, 1.82) is 0 Å². The van der Waals surface area contributed by atoms with Gasteiger partial charge in [0.1, 0.15) is 10.6 Å². The quantitative estimate of drug-likeness (QED) is 0.817. The SMILES string of the molecule is CNC(=O)c1cc(S(=O)(=O)N2CCNCC2c2cccc(Cl)c2)cn1C. The van der Waals surface area contributed by atoms with Crippen LogP contribution >= 0.6 is 11.6 Å². The number of nitrogens with one attached hydrogen (secondary N) is 2. The van der Waals surface area contributed by atoms with E-state index in [0.29, 0.717) is 30.4 Å². The highest BCUT2D eigenvalue weighted by atomic mass is 35.5. The number of halogens is 1. The molecule has 2 N–H and O–H groups in total. The van der Waals surface area contributed by atoms with Crippen LogP contribution in [0.25, 0.3) is 0 Å². The van der Waals surface area contributed by atoms with E-state index in [1.54, 1.807) is 19.2 Å². The fraction of sp³-hybridized carbons (Fsp3) is 0.353. The molecule has 1 fully saturated rings. The first kappa shape index (κ1) is 18.9. The van der Waals surface area contributed by atoms with Gasteiger partial charge in [-0.1, -0.05) is 23.7 Å². The van der Waals surface area contributed by atoms with Gasteiger partial charge in [-0.05, 0) is 23.8 Å². The molecule has 1 saturated heterocycles. The Bertz CT molecular complexity index is 926. The molecular formula is C17H21ClN4O3S. The molecule has 1 aliphatic rings. The highest BCUT2D eigenvalue weighted by molar-refractivity contribution is 7.89. The van der Waals surface area contributed by atoms with Gasteiger partial charge < -0.3 is 15.2 Å². The van der Waals surface area contributed by atoms with Crippen LogP contribution in [0.1, 0.15) is 22.1 Å². The molecule has 0 radical (unpaired) electrons. The molecule has 1 unspecified atom stereocenters. The van der Waals surface area contributed by atoms with E-state index >= 15 is 0 Å². The van der Waals surface area contributed by atoms with Crippen LogP contribution in [0.3, 0.4) is 0 Å². The van der Waals surface area contributed by atoms with E-state index < -0.39 is 10.0 Å². The highest BCUT2D eigenvalue weighted by Crippen LogP contribution is 2.30. The molecule has 2 aromatic rings. The molecule has 0 spiro atoms. The number of carbonyl (C=O) groups excluding carboxylic acids is 1. The van der Waals surface area contributed by atoms with Crippen LogP contribution < -0.4 is 10.6 Å². The van der Waals surface area contributed by atoms with E-state index in [4.69, 9.17) is 11.6 Å². The van der Waals surface area contributed by atoms with E-state index in [1.807, 2.05) is 12.1 Å². The molecule has 0 aliphatic carbocycles. The van der Waals surface area contributed by atoms with Gasteiger partial charge in [0.25, 0.3) is 5.91 Å². The molecule has 9 heteroatoms. The third-order valence-electron chi connectivity index (χ3n) is 4.47. The van der Waals surface area contributed by atoms with Crippen LogP contribution in [0, 0.1) is 0 Å². The minimum absolute atomic E-state index is 0.104. The lowest BCUT2D eigenvalue weighted by Crippen LogP contribution is -2.48. The van der Waals surface area contributed by atoms with Crippen molar-refractivity contribution in [1.82, 2.24) is 19.5 Å². The Hall–Kier alpha value is -1.87. The summed E-state index contributed by atoms with van der Waals surface area (Å²) in [6.45, 7) is 1.39. The summed E-state index contributed by atoms with van der Waals surface area (Å²) in [5.41, 5.74) is 1.12. The van der Waals surface area contributed by atoms with Crippen molar-refractivity contribution in [3.05, 3.63) is 52.8 Å². The fourth-order valence-corrected chi connectivity index (χ4v) is 5.02. The molecule has 26 heavy (non-hydrogen) atoms. The minimum Gasteiger partial charge on any atom is -0.354 e. The van der Waals surface area contributed by atoms with Crippen LogP contribution in [0.4, 0.5) is 0 Å². The lowest BCUT2D eigenvalue weighted by Gasteiger charge is -2.35. The number of rotatable bonds is 4. The molecule has 0 saturated carbocycles. The second-order valence-corrected chi connectivity index (χ2v) is 8.47. The van der Waals surface area contributed by atoms with Crippen LogP contribution in [0.15, 0.2) is 41.4 Å². The first-order valence-corrected chi connectivity index (χ1v) is 10.0. The number of aryl methyl sites for hydroxylation is 1. The first-order valence-electron chi connectivity index (χ1n) is 8.21. The molecular weight excluding hydrogens is 376 g/mol. The zero-order valence-electron chi connectivity index (χ0n) is 14.6. The smallest absolute Gasteiger partial charge is 0.267 e. The average Bonchev–Trinajstić information content (AvgIpc) is 3.03. The topological polar surface area (TPSA) is 83.4 Å². The zero-order valence-corrected chi connectivity index (χ0v) is 16.1. The summed E-state index contributed by atoms with van der Waals surface area (Å²) in [5.74, 6) is -0.333. The summed E-state index contributed by atoms with van der Waals surface area (Å²) in [4.78, 5) is 12.0. The monoisotopic (exact) mass is 396 g/mol. The van der Waals surface area contributed by atoms with Crippen molar-refractivity contribution >= 4 is 27.5 Å². The van der Waals surface area contributed by atoms with E-state index in [2.05, 4.69) is 10.6 Å². The summed E-state index contributed by atoms with van der Waals surface area (Å²) >= 11 is 6.08. The normalized spacial score (nSPS) is 18.7. The van der Waals surface area contributed by atoms with Gasteiger partial charge in [0.2, 0.25) is 10.0 Å². The van der Waals surface area contributed by atoms with Crippen molar-refractivity contribution < 1.29 is 13.2 Å². The van der Waals surface area contributed by atoms with E-state index in [-0.39, 0.29) is 16.8 Å². The number of aromatic nitrogens is 1. The van der Waals surface area contributed by atoms with Crippen LogP contribution in [0.2, 0.25) is 5.02 Å². The Labute approximate surface area is 158 Å². The number of sulfonamides is 1. The molecule has 1 aromatic carbocycles. The second-order valence-electron chi connectivity index (χ2n) is 6.14. The van der Waals surface area contributed by atoms with Gasteiger partial charge >= 0.3 is 0 Å². The maximum absolute atomic E-state index is 13.3. The van der Waals surface area contributed by atoms with E-state index in [9.17, 15) is 13.2 Å². The van der Waals surface area contributed by atoms with Crippen molar-refractivity contribution in [2.24, 2.45) is 7.05 Å². The fourth-order valence-electron chi connectivity index (χ4n) is 3.14. The third kappa shape index (κ3) is 3.50. The van der Waals surface area contributed by atoms with Gasteiger partial charge in [0.15, 0.2) is 0 Å². The van der Waals surface area contributed by atoms with Gasteiger partial charge in [0.05, 0.1) is 6.04 Å². The predicted molar refractivity (Wildman–Crippen MR) is 99.8 cm³/mol. The lowest BCUT2D eigenvalue weighted by atomic mass is 10.1. The summed E-state index contributed by atoms with van der Waals surface area (Å²) in [5, 5.41) is 6.31. The average molecular weight is 397 g/mol. The number of piperazine rings is 1. The molecule has 3 rings (SSSR count). The van der Waals surface area contributed by atoms with E-state index in [0.717, 1.165) is 5.56 Å². The number of hydrogen-bond donors (Lipinski definition) is 2. The van der Waals surface area contributed by atoms with Gasteiger partial charge in [-0.3, -0.25) is 4.79 Å². The number of amides is 1. The molecule has 0 bridgehead atoms. The minimum atomic E-state index is -3.77. The van der Waals surface area contributed by atoms with Gasteiger partial charge in [-0.25, -0.2) is 8.42 Å². The highest BCUT2D eigenvalue weighted by Gasteiger charge is 2.35. The van der Waals surface area contributed by atoms with Gasteiger partial charge in [-0.15, -0.1) is 0 Å². The second kappa shape index (κ2) is 7.40. The third-order valence-corrected chi connectivity index (χ3v) is 6.58. The summed E-state index contributed by atoms with van der Waals surface area (Å²) in [6, 6.07) is 8.26. The standard InChI is InChI=1S/C17H21ClN4O3S/c1-19-17(23)15-9-14(11-21(15)2)26(24,25)22-7-6-20-10-16(22)12-4-3-5-13(18)8-12/h3-5,8-9,11,16,20H,6-7,10H2,1-2H3,(H,19,23). The number of hydrogen-bond acceptors (Lipinski definition) is 4. The molecule has 2 heterocycles.